The maximum absolute atomic E-state index is 12.8. The smallest absolute Gasteiger partial charge is 0.423 e. The molecule has 2 saturated carbocycles. The highest BCUT2D eigenvalue weighted by atomic mass is 16.5. The Kier molecular flexibility index (Phi) is 2.40. The van der Waals surface area contributed by atoms with Crippen molar-refractivity contribution >= 4 is 18.5 Å². The number of carbonyl (C=O) groups excluding carboxylic acids is 1. The first-order valence-corrected chi connectivity index (χ1v) is 7.96. The van der Waals surface area contributed by atoms with E-state index in [4.69, 9.17) is 4.65 Å². The Morgan fingerprint density at radius 2 is 2.19 bits per heavy atom. The first-order chi connectivity index (χ1) is 10.2. The molecule has 3 fully saturated rings. The zero-order valence-electron chi connectivity index (χ0n) is 11.9. The zero-order valence-corrected chi connectivity index (χ0v) is 11.9. The largest absolute Gasteiger partial charge is 0.491 e. The van der Waals surface area contributed by atoms with Gasteiger partial charge in [-0.2, -0.15) is 0 Å². The van der Waals surface area contributed by atoms with Gasteiger partial charge in [-0.25, -0.2) is 0 Å². The average Bonchev–Trinajstić information content (AvgIpc) is 3.11. The quantitative estimate of drug-likeness (QED) is 0.775. The van der Waals surface area contributed by atoms with Crippen LogP contribution in [0.4, 0.5) is 0 Å². The van der Waals surface area contributed by atoms with Crippen LogP contribution in [-0.4, -0.2) is 35.5 Å². The number of fused-ring (bicyclic) bond motifs is 6. The predicted molar refractivity (Wildman–Crippen MR) is 78.0 cm³/mol. The molecule has 1 saturated heterocycles. The van der Waals surface area contributed by atoms with Gasteiger partial charge in [0.05, 0.1) is 6.61 Å². The van der Waals surface area contributed by atoms with E-state index in [1.54, 1.807) is 0 Å². The highest BCUT2D eigenvalue weighted by Crippen LogP contribution is 2.55. The predicted octanol–water partition coefficient (Wildman–Crippen LogP) is 0.775. The number of benzene rings is 1. The van der Waals surface area contributed by atoms with Gasteiger partial charge in [0, 0.05) is 24.1 Å². The Hall–Kier alpha value is -1.33. The van der Waals surface area contributed by atoms with Crippen molar-refractivity contribution in [1.29, 1.82) is 0 Å². The molecule has 4 atom stereocenters. The summed E-state index contributed by atoms with van der Waals surface area (Å²) in [4.78, 5) is 14.8. The lowest BCUT2D eigenvalue weighted by atomic mass is 9.76. The summed E-state index contributed by atoms with van der Waals surface area (Å²) in [7, 11) is -0.876. The number of hydrogen-bond donors (Lipinski definition) is 1. The van der Waals surface area contributed by atoms with Gasteiger partial charge in [-0.15, -0.1) is 0 Å². The minimum Gasteiger partial charge on any atom is -0.423 e. The maximum Gasteiger partial charge on any atom is 0.491 e. The van der Waals surface area contributed by atoms with Crippen LogP contribution in [0.2, 0.25) is 0 Å². The van der Waals surface area contributed by atoms with E-state index in [0.717, 1.165) is 35.3 Å². The zero-order chi connectivity index (χ0) is 14.1. The van der Waals surface area contributed by atoms with Gasteiger partial charge in [-0.1, -0.05) is 6.07 Å². The molecule has 0 radical (unpaired) electrons. The molecule has 0 spiro atoms. The molecule has 1 N–H and O–H groups in total. The lowest BCUT2D eigenvalue weighted by Gasteiger charge is -2.50. The van der Waals surface area contributed by atoms with Gasteiger partial charge in [0.2, 0.25) is 0 Å². The van der Waals surface area contributed by atoms with Crippen LogP contribution in [0.25, 0.3) is 0 Å². The van der Waals surface area contributed by atoms with Crippen molar-refractivity contribution in [1.82, 2.24) is 4.90 Å². The minimum atomic E-state index is -0.876. The van der Waals surface area contributed by atoms with Gasteiger partial charge < -0.3 is 14.6 Å². The van der Waals surface area contributed by atoms with Crippen LogP contribution in [0.1, 0.15) is 35.2 Å². The molecule has 5 rings (SSSR count). The molecular formula is C16H18BNO3. The van der Waals surface area contributed by atoms with Crippen LogP contribution in [-0.2, 0) is 11.3 Å². The second kappa shape index (κ2) is 4.11. The Balaban J connectivity index is 1.42. The summed E-state index contributed by atoms with van der Waals surface area (Å²) in [5.74, 6) is 2.50. The van der Waals surface area contributed by atoms with Crippen LogP contribution in [0.15, 0.2) is 18.2 Å². The number of amides is 1. The molecule has 21 heavy (non-hydrogen) atoms. The van der Waals surface area contributed by atoms with Gasteiger partial charge in [0.15, 0.2) is 0 Å². The SMILES string of the molecule is O=C(c1ccc2c(c1)B(O)OC2)N1CC2C3CCC(C3)C21. The lowest BCUT2D eigenvalue weighted by molar-refractivity contribution is -0.00905. The third-order valence-corrected chi connectivity index (χ3v) is 6.12. The molecular weight excluding hydrogens is 265 g/mol. The first kappa shape index (κ1) is 12.2. The van der Waals surface area contributed by atoms with Crippen molar-refractivity contribution in [2.24, 2.45) is 17.8 Å². The van der Waals surface area contributed by atoms with E-state index in [0.29, 0.717) is 18.2 Å². The van der Waals surface area contributed by atoms with E-state index in [-0.39, 0.29) is 5.91 Å². The van der Waals surface area contributed by atoms with Gasteiger partial charge in [-0.05, 0) is 54.3 Å². The second-order valence-electron chi connectivity index (χ2n) is 7.02. The van der Waals surface area contributed by atoms with Gasteiger partial charge in [0.25, 0.3) is 5.91 Å². The number of hydrogen-bond acceptors (Lipinski definition) is 3. The van der Waals surface area contributed by atoms with Crippen LogP contribution >= 0.6 is 0 Å². The Morgan fingerprint density at radius 3 is 3.05 bits per heavy atom. The highest BCUT2D eigenvalue weighted by molar-refractivity contribution is 6.61. The van der Waals surface area contributed by atoms with E-state index in [1.807, 2.05) is 18.2 Å². The molecule has 1 amide bonds. The van der Waals surface area contributed by atoms with Crippen molar-refractivity contribution in [3.8, 4) is 0 Å². The second-order valence-corrected chi connectivity index (χ2v) is 7.02. The van der Waals surface area contributed by atoms with Crippen LogP contribution in [0.3, 0.4) is 0 Å². The topological polar surface area (TPSA) is 49.8 Å². The molecule has 4 unspecified atom stereocenters. The summed E-state index contributed by atoms with van der Waals surface area (Å²) in [6.45, 7) is 1.37. The number of carbonyl (C=O) groups is 1. The Bertz CT molecular complexity index is 632. The third kappa shape index (κ3) is 1.56. The first-order valence-electron chi connectivity index (χ1n) is 7.96. The standard InChI is InChI=1S/C16H18BNO3/c19-16(11-3-4-12-8-21-17(20)14(12)6-11)18-7-13-9-1-2-10(5-9)15(13)18/h3-4,6,9-10,13,15,20H,1-2,5,7-8H2. The third-order valence-electron chi connectivity index (χ3n) is 6.12. The monoisotopic (exact) mass is 283 g/mol. The van der Waals surface area contributed by atoms with E-state index in [9.17, 15) is 9.82 Å². The van der Waals surface area contributed by atoms with Crippen LogP contribution < -0.4 is 5.46 Å². The summed E-state index contributed by atoms with van der Waals surface area (Å²) in [6.07, 6.45) is 4.00. The van der Waals surface area contributed by atoms with Gasteiger partial charge in [-0.3, -0.25) is 4.79 Å². The fourth-order valence-electron chi connectivity index (χ4n) is 5.07. The fourth-order valence-corrected chi connectivity index (χ4v) is 5.07. The molecule has 4 nitrogen and oxygen atoms in total. The van der Waals surface area contributed by atoms with Crippen molar-refractivity contribution in [3.05, 3.63) is 29.3 Å². The van der Waals surface area contributed by atoms with E-state index in [2.05, 4.69) is 4.90 Å². The van der Waals surface area contributed by atoms with Crippen LogP contribution in [0, 0.1) is 17.8 Å². The van der Waals surface area contributed by atoms with Gasteiger partial charge >= 0.3 is 7.12 Å². The van der Waals surface area contributed by atoms with Crippen LogP contribution in [0.5, 0.6) is 0 Å². The van der Waals surface area contributed by atoms with Crippen molar-refractivity contribution in [3.63, 3.8) is 0 Å². The molecule has 1 aromatic rings. The number of nitrogens with zero attached hydrogens (tertiary/aromatic N) is 1. The molecule has 2 aliphatic carbocycles. The highest BCUT2D eigenvalue weighted by Gasteiger charge is 2.57. The fraction of sp³-hybridized carbons (Fsp3) is 0.562. The van der Waals surface area contributed by atoms with Crippen molar-refractivity contribution in [2.45, 2.75) is 31.9 Å². The van der Waals surface area contributed by atoms with E-state index >= 15 is 0 Å². The molecule has 5 heteroatoms. The number of rotatable bonds is 1. The Morgan fingerprint density at radius 1 is 1.33 bits per heavy atom. The molecule has 2 heterocycles. The normalized spacial score (nSPS) is 35.7. The summed E-state index contributed by atoms with van der Waals surface area (Å²) in [6, 6.07) is 6.10. The summed E-state index contributed by atoms with van der Waals surface area (Å²) in [5.41, 5.74) is 2.44. The summed E-state index contributed by atoms with van der Waals surface area (Å²) >= 11 is 0. The molecule has 2 bridgehead atoms. The summed E-state index contributed by atoms with van der Waals surface area (Å²) in [5, 5.41) is 9.79. The van der Waals surface area contributed by atoms with E-state index < -0.39 is 7.12 Å². The summed E-state index contributed by atoms with van der Waals surface area (Å²) < 4.78 is 5.20. The molecule has 0 aromatic heterocycles. The molecule has 1 aromatic carbocycles. The minimum absolute atomic E-state index is 0.130. The maximum atomic E-state index is 12.8. The average molecular weight is 283 g/mol. The van der Waals surface area contributed by atoms with Gasteiger partial charge in [0.1, 0.15) is 0 Å². The lowest BCUT2D eigenvalue weighted by Crippen LogP contribution is -2.61. The molecule has 4 aliphatic rings. The van der Waals surface area contributed by atoms with Crippen molar-refractivity contribution < 1.29 is 14.5 Å². The Labute approximate surface area is 124 Å². The number of likely N-dealkylation sites (tertiary alicyclic amines) is 1. The van der Waals surface area contributed by atoms with E-state index in [1.165, 1.54) is 19.3 Å². The molecule has 108 valence electrons. The molecule has 2 aliphatic heterocycles. The van der Waals surface area contributed by atoms with Crippen molar-refractivity contribution in [2.75, 3.05) is 6.54 Å².